The smallest absolute Gasteiger partial charge is 0.274 e. The Kier molecular flexibility index (Phi) is 4.11. The van der Waals surface area contributed by atoms with Crippen molar-refractivity contribution in [2.24, 2.45) is 0 Å². The average Bonchev–Trinajstić information content (AvgIpc) is 3.19. The highest BCUT2D eigenvalue weighted by molar-refractivity contribution is 5.78. The van der Waals surface area contributed by atoms with E-state index in [1.54, 1.807) is 18.2 Å². The summed E-state index contributed by atoms with van der Waals surface area (Å²) in [5.74, 6) is -0.0621. The average molecular weight is 263 g/mol. The summed E-state index contributed by atoms with van der Waals surface area (Å²) in [6.45, 7) is 1.98. The van der Waals surface area contributed by atoms with Gasteiger partial charge in [0, 0.05) is 23.7 Å². The van der Waals surface area contributed by atoms with Crippen LogP contribution in [0, 0.1) is 10.1 Å². The van der Waals surface area contributed by atoms with Crippen molar-refractivity contribution in [1.29, 1.82) is 0 Å². The van der Waals surface area contributed by atoms with Crippen molar-refractivity contribution in [1.82, 2.24) is 10.6 Å². The van der Waals surface area contributed by atoms with Crippen LogP contribution in [-0.4, -0.2) is 23.4 Å². The van der Waals surface area contributed by atoms with Crippen molar-refractivity contribution < 1.29 is 9.72 Å². The van der Waals surface area contributed by atoms with Crippen molar-refractivity contribution in [2.75, 3.05) is 6.54 Å². The van der Waals surface area contributed by atoms with E-state index in [1.807, 2.05) is 6.92 Å². The number of nitrogens with one attached hydrogen (secondary N) is 2. The normalized spacial score (nSPS) is 15.8. The number of para-hydroxylation sites is 1. The van der Waals surface area contributed by atoms with E-state index in [0.717, 1.165) is 12.8 Å². The first kappa shape index (κ1) is 13.5. The highest BCUT2D eigenvalue weighted by Crippen LogP contribution is 2.24. The third-order valence-corrected chi connectivity index (χ3v) is 3.11. The second-order valence-electron chi connectivity index (χ2n) is 4.76. The molecule has 0 aliphatic heterocycles. The number of rotatable bonds is 6. The Balaban J connectivity index is 1.93. The predicted octanol–water partition coefficient (Wildman–Crippen LogP) is 1.52. The summed E-state index contributed by atoms with van der Waals surface area (Å²) in [4.78, 5) is 22.1. The van der Waals surface area contributed by atoms with Crippen LogP contribution in [0.2, 0.25) is 0 Å². The lowest BCUT2D eigenvalue weighted by atomic mass is 10.1. The molecular weight excluding hydrogens is 246 g/mol. The van der Waals surface area contributed by atoms with E-state index in [9.17, 15) is 14.9 Å². The summed E-state index contributed by atoms with van der Waals surface area (Å²) in [5.41, 5.74) is 0.664. The van der Waals surface area contributed by atoms with Gasteiger partial charge in [-0.2, -0.15) is 0 Å². The number of nitro benzene ring substituents is 1. The maximum absolute atomic E-state index is 11.5. The minimum Gasteiger partial charge on any atom is -0.352 e. The molecule has 6 heteroatoms. The van der Waals surface area contributed by atoms with Crippen molar-refractivity contribution in [2.45, 2.75) is 31.8 Å². The third-order valence-electron chi connectivity index (χ3n) is 3.11. The van der Waals surface area contributed by atoms with Gasteiger partial charge in [0.15, 0.2) is 0 Å². The second kappa shape index (κ2) is 5.79. The van der Waals surface area contributed by atoms with Crippen LogP contribution in [0.5, 0.6) is 0 Å². The van der Waals surface area contributed by atoms with Crippen LogP contribution in [0.4, 0.5) is 5.69 Å². The first-order chi connectivity index (χ1) is 9.08. The summed E-state index contributed by atoms with van der Waals surface area (Å²) in [7, 11) is 0. The minimum atomic E-state index is -0.405. The Morgan fingerprint density at radius 3 is 2.79 bits per heavy atom. The number of amides is 1. The van der Waals surface area contributed by atoms with Crippen LogP contribution in [0.25, 0.3) is 0 Å². The van der Waals surface area contributed by atoms with Gasteiger partial charge in [0.05, 0.1) is 11.5 Å². The molecule has 1 aromatic rings. The number of benzene rings is 1. The zero-order valence-electron chi connectivity index (χ0n) is 10.8. The molecule has 1 aliphatic rings. The van der Waals surface area contributed by atoms with Crippen LogP contribution < -0.4 is 10.6 Å². The molecule has 1 atom stereocenters. The zero-order chi connectivity index (χ0) is 13.8. The molecule has 19 heavy (non-hydrogen) atoms. The van der Waals surface area contributed by atoms with Gasteiger partial charge in [0.1, 0.15) is 0 Å². The Labute approximate surface area is 111 Å². The van der Waals surface area contributed by atoms with Crippen LogP contribution >= 0.6 is 0 Å². The van der Waals surface area contributed by atoms with E-state index < -0.39 is 4.92 Å². The van der Waals surface area contributed by atoms with Crippen molar-refractivity contribution >= 4 is 11.6 Å². The molecule has 102 valence electrons. The van der Waals surface area contributed by atoms with Gasteiger partial charge in [0.2, 0.25) is 5.91 Å². The molecule has 0 spiro atoms. The molecule has 2 N–H and O–H groups in total. The second-order valence-corrected chi connectivity index (χ2v) is 4.76. The van der Waals surface area contributed by atoms with Crippen LogP contribution in [0.3, 0.4) is 0 Å². The molecule has 1 aliphatic carbocycles. The fraction of sp³-hybridized carbons (Fsp3) is 0.462. The van der Waals surface area contributed by atoms with Gasteiger partial charge in [-0.25, -0.2) is 0 Å². The van der Waals surface area contributed by atoms with Crippen molar-refractivity contribution in [3.8, 4) is 0 Å². The molecule has 6 nitrogen and oxygen atoms in total. The first-order valence-electron chi connectivity index (χ1n) is 6.34. The molecule has 0 aromatic heterocycles. The van der Waals surface area contributed by atoms with Gasteiger partial charge in [-0.3, -0.25) is 14.9 Å². The van der Waals surface area contributed by atoms with Gasteiger partial charge in [0.25, 0.3) is 5.69 Å². The molecule has 1 fully saturated rings. The fourth-order valence-electron chi connectivity index (χ4n) is 1.88. The predicted molar refractivity (Wildman–Crippen MR) is 70.7 cm³/mol. The lowest BCUT2D eigenvalue weighted by Crippen LogP contribution is -2.36. The van der Waals surface area contributed by atoms with Crippen LogP contribution in [-0.2, 0) is 4.79 Å². The van der Waals surface area contributed by atoms with Crippen LogP contribution in [0.15, 0.2) is 24.3 Å². The standard InChI is InChI=1S/C13H17N3O3/c1-9(14-8-13(17)15-10-6-7-10)11-4-2-3-5-12(11)16(18)19/h2-5,9-10,14H,6-8H2,1H3,(H,15,17). The number of hydrogen-bond acceptors (Lipinski definition) is 4. The Bertz CT molecular complexity index is 486. The Hall–Kier alpha value is -1.95. The van der Waals surface area contributed by atoms with E-state index in [1.165, 1.54) is 6.07 Å². The zero-order valence-corrected chi connectivity index (χ0v) is 10.8. The molecular formula is C13H17N3O3. The van der Waals surface area contributed by atoms with Gasteiger partial charge >= 0.3 is 0 Å². The number of hydrogen-bond donors (Lipinski definition) is 2. The quantitative estimate of drug-likeness (QED) is 0.602. The van der Waals surface area contributed by atoms with Gasteiger partial charge in [-0.05, 0) is 19.8 Å². The van der Waals surface area contributed by atoms with E-state index >= 15 is 0 Å². The van der Waals surface area contributed by atoms with Crippen molar-refractivity contribution in [3.63, 3.8) is 0 Å². The summed E-state index contributed by atoms with van der Waals surface area (Å²) in [5, 5.41) is 16.8. The summed E-state index contributed by atoms with van der Waals surface area (Å²) >= 11 is 0. The summed E-state index contributed by atoms with van der Waals surface area (Å²) in [6, 6.07) is 6.65. The summed E-state index contributed by atoms with van der Waals surface area (Å²) in [6.07, 6.45) is 2.09. The molecule has 1 aromatic carbocycles. The maximum atomic E-state index is 11.5. The maximum Gasteiger partial charge on any atom is 0.274 e. The number of nitrogens with zero attached hydrogens (tertiary/aromatic N) is 1. The third kappa shape index (κ3) is 3.75. The lowest BCUT2D eigenvalue weighted by Gasteiger charge is -2.14. The van der Waals surface area contributed by atoms with Crippen molar-refractivity contribution in [3.05, 3.63) is 39.9 Å². The highest BCUT2D eigenvalue weighted by Gasteiger charge is 2.23. The van der Waals surface area contributed by atoms with E-state index in [4.69, 9.17) is 0 Å². The molecule has 1 amide bonds. The highest BCUT2D eigenvalue weighted by atomic mass is 16.6. The van der Waals surface area contributed by atoms with E-state index in [-0.39, 0.29) is 24.2 Å². The van der Waals surface area contributed by atoms with Gasteiger partial charge < -0.3 is 10.6 Å². The van der Waals surface area contributed by atoms with Gasteiger partial charge in [-0.15, -0.1) is 0 Å². The lowest BCUT2D eigenvalue weighted by molar-refractivity contribution is -0.385. The molecule has 1 unspecified atom stereocenters. The fourth-order valence-corrected chi connectivity index (χ4v) is 1.88. The monoisotopic (exact) mass is 263 g/mol. The topological polar surface area (TPSA) is 84.3 Å². The van der Waals surface area contributed by atoms with Crippen LogP contribution in [0.1, 0.15) is 31.4 Å². The SMILES string of the molecule is CC(NCC(=O)NC1CC1)c1ccccc1[N+](=O)[O-]. The number of carbonyl (C=O) groups excluding carboxylic acids is 1. The Morgan fingerprint density at radius 1 is 1.47 bits per heavy atom. The molecule has 0 radical (unpaired) electrons. The Morgan fingerprint density at radius 2 is 2.16 bits per heavy atom. The number of nitro groups is 1. The molecule has 0 saturated heterocycles. The largest absolute Gasteiger partial charge is 0.352 e. The first-order valence-corrected chi connectivity index (χ1v) is 6.34. The minimum absolute atomic E-state index is 0.0621. The number of carbonyl (C=O) groups is 1. The van der Waals surface area contributed by atoms with E-state index in [2.05, 4.69) is 10.6 Å². The van der Waals surface area contributed by atoms with Gasteiger partial charge in [-0.1, -0.05) is 18.2 Å². The molecule has 0 bridgehead atoms. The molecule has 1 saturated carbocycles. The van der Waals surface area contributed by atoms with E-state index in [0.29, 0.717) is 11.6 Å². The molecule has 2 rings (SSSR count). The molecule has 0 heterocycles. The summed E-state index contributed by atoms with van der Waals surface area (Å²) < 4.78 is 0.